The first-order valence-electron chi connectivity index (χ1n) is 10.3. The second-order valence-electron chi connectivity index (χ2n) is 7.82. The van der Waals surface area contributed by atoms with Crippen molar-refractivity contribution in [1.82, 2.24) is 9.97 Å². The van der Waals surface area contributed by atoms with Crippen molar-refractivity contribution in [3.05, 3.63) is 40.1 Å². The lowest BCUT2D eigenvalue weighted by molar-refractivity contribution is 0.279. The third kappa shape index (κ3) is 5.63. The third-order valence-electron chi connectivity index (χ3n) is 5.70. The van der Waals surface area contributed by atoms with Gasteiger partial charge >= 0.3 is 0 Å². The van der Waals surface area contributed by atoms with Gasteiger partial charge in [0.1, 0.15) is 16.1 Å². The minimum absolute atomic E-state index is 0. The Bertz CT molecular complexity index is 856. The van der Waals surface area contributed by atoms with Crippen LogP contribution in [0.15, 0.2) is 24.3 Å². The summed E-state index contributed by atoms with van der Waals surface area (Å²) in [5, 5.41) is 16.7. The first-order chi connectivity index (χ1) is 14.1. The van der Waals surface area contributed by atoms with Crippen LogP contribution in [0.5, 0.6) is 0 Å². The number of piperidine rings is 1. The van der Waals surface area contributed by atoms with Gasteiger partial charge in [-0.25, -0.2) is 9.97 Å². The summed E-state index contributed by atoms with van der Waals surface area (Å²) < 4.78 is 0. The summed E-state index contributed by atoms with van der Waals surface area (Å²) in [5.74, 6) is 1.87. The highest BCUT2D eigenvalue weighted by Gasteiger charge is 2.28. The normalized spacial score (nSPS) is 21.0. The number of fused-ring (bicyclic) bond motifs is 5. The lowest BCUT2D eigenvalue weighted by Gasteiger charge is -2.40. The van der Waals surface area contributed by atoms with Crippen molar-refractivity contribution < 1.29 is 5.11 Å². The maximum atomic E-state index is 8.77. The Morgan fingerprint density at radius 2 is 1.80 bits per heavy atom. The number of pyridine rings is 2. The lowest BCUT2D eigenvalue weighted by atomic mass is 9.98. The Kier molecular flexibility index (Phi) is 8.34. The Balaban J connectivity index is 0.000000165. The summed E-state index contributed by atoms with van der Waals surface area (Å²) in [4.78, 5) is 11.0. The van der Waals surface area contributed by atoms with E-state index < -0.39 is 0 Å². The van der Waals surface area contributed by atoms with Gasteiger partial charge in [0.25, 0.3) is 0 Å². The van der Waals surface area contributed by atoms with Crippen molar-refractivity contribution >= 4 is 54.0 Å². The maximum absolute atomic E-state index is 8.77. The van der Waals surface area contributed by atoms with Crippen LogP contribution in [0.4, 0.5) is 17.3 Å². The number of aliphatic hydroxyl groups is 1. The van der Waals surface area contributed by atoms with Crippen LogP contribution in [-0.2, 0) is 6.42 Å². The van der Waals surface area contributed by atoms with Gasteiger partial charge in [0.05, 0.1) is 5.69 Å². The molecule has 2 atom stereocenters. The van der Waals surface area contributed by atoms with Crippen LogP contribution in [0, 0.1) is 0 Å². The number of hydrogen-bond acceptors (Lipinski definition) is 6. The van der Waals surface area contributed by atoms with Crippen LogP contribution in [0.3, 0.4) is 0 Å². The largest absolute Gasteiger partial charge is 0.396 e. The molecule has 0 saturated carbocycles. The van der Waals surface area contributed by atoms with Crippen LogP contribution in [0.2, 0.25) is 10.3 Å². The quantitative estimate of drug-likeness (QED) is 0.575. The molecule has 2 unspecified atom stereocenters. The highest BCUT2D eigenvalue weighted by Crippen LogP contribution is 2.33. The first kappa shape index (κ1) is 23.3. The Morgan fingerprint density at radius 3 is 2.60 bits per heavy atom. The molecule has 3 N–H and O–H groups in total. The summed E-state index contributed by atoms with van der Waals surface area (Å²) in [6.45, 7) is 2.51. The fourth-order valence-electron chi connectivity index (χ4n) is 4.24. The number of aliphatic hydroxyl groups excluding tert-OH is 1. The van der Waals surface area contributed by atoms with E-state index in [1.54, 1.807) is 0 Å². The molecule has 3 aliphatic rings. The molecule has 2 aromatic heterocycles. The van der Waals surface area contributed by atoms with Gasteiger partial charge in [-0.2, -0.15) is 13.5 Å². The van der Waals surface area contributed by atoms with Gasteiger partial charge in [-0.15, -0.1) is 0 Å². The van der Waals surface area contributed by atoms with E-state index in [0.29, 0.717) is 22.4 Å². The Morgan fingerprint density at radius 1 is 1.03 bits per heavy atom. The van der Waals surface area contributed by atoms with E-state index in [4.69, 9.17) is 28.3 Å². The number of aromatic nitrogens is 2. The van der Waals surface area contributed by atoms with Crippen LogP contribution in [-0.4, -0.2) is 46.9 Å². The zero-order chi connectivity index (χ0) is 20.2. The highest BCUT2D eigenvalue weighted by atomic mass is 35.5. The molecule has 164 valence electrons. The molecule has 5 rings (SSSR count). The molecule has 3 aliphatic heterocycles. The molecule has 0 radical (unpaired) electrons. The zero-order valence-electron chi connectivity index (χ0n) is 16.9. The number of anilines is 3. The van der Waals surface area contributed by atoms with Crippen molar-refractivity contribution in [3.63, 3.8) is 0 Å². The van der Waals surface area contributed by atoms with E-state index in [-0.39, 0.29) is 20.1 Å². The standard InChI is InChI=1S/C11H15ClN2O.C10H12ClN3.H2S/c12-10-6-4-8-3-5-9(2-1-7-15)13-11(8)14-10;11-9-4-3-8-10(13-9)12-7-2-1-5-14(8)6-7;/h4,6,9,15H,1-3,5,7H2,(H,13,14);3-4,7H,1-2,5-6H2,(H,12,13);1H2. The van der Waals surface area contributed by atoms with Gasteiger partial charge in [-0.3, -0.25) is 0 Å². The number of rotatable bonds is 3. The third-order valence-corrected chi connectivity index (χ3v) is 6.12. The number of nitrogens with zero attached hydrogens (tertiary/aromatic N) is 3. The number of halogens is 2. The van der Waals surface area contributed by atoms with Gasteiger partial charge in [-0.1, -0.05) is 29.3 Å². The lowest BCUT2D eigenvalue weighted by Crippen LogP contribution is -2.46. The molecule has 5 heterocycles. The molecule has 0 aromatic carbocycles. The van der Waals surface area contributed by atoms with E-state index in [2.05, 4.69) is 31.6 Å². The minimum atomic E-state index is 0. The molecule has 9 heteroatoms. The van der Waals surface area contributed by atoms with Gasteiger partial charge in [0.2, 0.25) is 0 Å². The number of hydrogen-bond donors (Lipinski definition) is 3. The molecule has 2 bridgehead atoms. The minimum Gasteiger partial charge on any atom is -0.396 e. The number of nitrogens with one attached hydrogen (secondary N) is 2. The second-order valence-corrected chi connectivity index (χ2v) is 8.59. The van der Waals surface area contributed by atoms with Crippen molar-refractivity contribution in [3.8, 4) is 0 Å². The zero-order valence-corrected chi connectivity index (χ0v) is 19.4. The SMILES string of the molecule is Clc1ccc2c(n1)NC1CCCN2C1.OCCCC1CCc2ccc(Cl)nc2N1.S. The van der Waals surface area contributed by atoms with Crippen molar-refractivity contribution in [1.29, 1.82) is 0 Å². The maximum Gasteiger partial charge on any atom is 0.151 e. The molecule has 6 nitrogen and oxygen atoms in total. The van der Waals surface area contributed by atoms with Crippen molar-refractivity contribution in [2.45, 2.75) is 50.6 Å². The van der Waals surface area contributed by atoms with Crippen LogP contribution in [0.1, 0.15) is 37.7 Å². The predicted octanol–water partition coefficient (Wildman–Crippen LogP) is 4.48. The molecule has 0 aliphatic carbocycles. The average molecular weight is 470 g/mol. The van der Waals surface area contributed by atoms with Crippen LogP contribution < -0.4 is 15.5 Å². The molecular formula is C21H29Cl2N5OS. The molecule has 1 fully saturated rings. The number of aryl methyl sites for hydroxylation is 1. The molecule has 1 saturated heterocycles. The molecule has 0 spiro atoms. The fraction of sp³-hybridized carbons (Fsp3) is 0.524. The van der Waals surface area contributed by atoms with Crippen molar-refractivity contribution in [2.75, 3.05) is 35.2 Å². The van der Waals surface area contributed by atoms with Gasteiger partial charge in [0, 0.05) is 31.8 Å². The molecule has 30 heavy (non-hydrogen) atoms. The first-order valence-corrected chi connectivity index (χ1v) is 11.1. The smallest absolute Gasteiger partial charge is 0.151 e. The van der Waals surface area contributed by atoms with E-state index >= 15 is 0 Å². The van der Waals surface area contributed by atoms with E-state index in [1.165, 1.54) is 24.1 Å². The second kappa shape index (κ2) is 10.8. The van der Waals surface area contributed by atoms with Crippen LogP contribution >= 0.6 is 36.7 Å². The van der Waals surface area contributed by atoms with Crippen molar-refractivity contribution in [2.24, 2.45) is 0 Å². The fourth-order valence-corrected chi connectivity index (χ4v) is 4.53. The van der Waals surface area contributed by atoms with Crippen LogP contribution in [0.25, 0.3) is 0 Å². The summed E-state index contributed by atoms with van der Waals surface area (Å²) in [6.07, 6.45) is 6.49. The summed E-state index contributed by atoms with van der Waals surface area (Å²) >= 11 is 11.7. The summed E-state index contributed by atoms with van der Waals surface area (Å²) in [6, 6.07) is 8.75. The predicted molar refractivity (Wildman–Crippen MR) is 130 cm³/mol. The van der Waals surface area contributed by atoms with Gasteiger partial charge < -0.3 is 20.6 Å². The molecule has 2 aromatic rings. The van der Waals surface area contributed by atoms with E-state index in [0.717, 1.165) is 50.4 Å². The van der Waals surface area contributed by atoms with Gasteiger partial charge in [-0.05, 0) is 62.3 Å². The average Bonchev–Trinajstić information content (AvgIpc) is 2.72. The molecular weight excluding hydrogens is 441 g/mol. The molecule has 0 amide bonds. The summed E-state index contributed by atoms with van der Waals surface area (Å²) in [5.41, 5.74) is 2.44. The Labute approximate surface area is 194 Å². The summed E-state index contributed by atoms with van der Waals surface area (Å²) in [7, 11) is 0. The monoisotopic (exact) mass is 469 g/mol. The van der Waals surface area contributed by atoms with Gasteiger partial charge in [0.15, 0.2) is 5.82 Å². The van der Waals surface area contributed by atoms with E-state index in [9.17, 15) is 0 Å². The van der Waals surface area contributed by atoms with E-state index in [1.807, 2.05) is 18.2 Å². The highest BCUT2D eigenvalue weighted by molar-refractivity contribution is 7.59. The topological polar surface area (TPSA) is 73.3 Å². The Hall–Kier alpha value is -1.41.